The Morgan fingerprint density at radius 2 is 2.00 bits per heavy atom. The number of carbonyl (C=O) groups excluding carboxylic acids is 1. The number of allylic oxidation sites excluding steroid dienone is 2. The van der Waals surface area contributed by atoms with Gasteiger partial charge in [0.2, 0.25) is 0 Å². The van der Waals surface area contributed by atoms with E-state index in [0.29, 0.717) is 11.7 Å². The minimum atomic E-state index is -0.261. The van der Waals surface area contributed by atoms with E-state index in [1.54, 1.807) is 0 Å². The normalized spacial score (nSPS) is 11.8. The fourth-order valence-electron chi connectivity index (χ4n) is 2.07. The first kappa shape index (κ1) is 15.5. The number of ether oxygens (including phenoxy) is 1. The van der Waals surface area contributed by atoms with Gasteiger partial charge in [0.15, 0.2) is 0 Å². The summed E-state index contributed by atoms with van der Waals surface area (Å²) in [4.78, 5) is 11.2. The van der Waals surface area contributed by atoms with Crippen molar-refractivity contribution in [3.63, 3.8) is 0 Å². The molecule has 0 aromatic heterocycles. The van der Waals surface area contributed by atoms with Gasteiger partial charge in [0.1, 0.15) is 5.75 Å². The van der Waals surface area contributed by atoms with Crippen LogP contribution >= 0.6 is 0 Å². The molecule has 1 aromatic carbocycles. The van der Waals surface area contributed by atoms with Crippen LogP contribution < -0.4 is 4.74 Å². The molecule has 1 aromatic rings. The van der Waals surface area contributed by atoms with Gasteiger partial charge in [-0.1, -0.05) is 30.7 Å². The number of esters is 1. The molecule has 1 rings (SSSR count). The van der Waals surface area contributed by atoms with Crippen molar-refractivity contribution in [1.29, 1.82) is 0 Å². The van der Waals surface area contributed by atoms with Crippen molar-refractivity contribution in [2.45, 2.75) is 53.4 Å². The van der Waals surface area contributed by atoms with Gasteiger partial charge in [0, 0.05) is 6.92 Å². The van der Waals surface area contributed by atoms with Crippen LogP contribution in [0.15, 0.2) is 29.8 Å². The Morgan fingerprint density at radius 3 is 2.58 bits per heavy atom. The van der Waals surface area contributed by atoms with Crippen molar-refractivity contribution in [1.82, 2.24) is 0 Å². The SMILES string of the molecule is CC(=O)Oc1cc(C)ccc1[C@H](C)CCC=C(C)C. The summed E-state index contributed by atoms with van der Waals surface area (Å²) < 4.78 is 5.32. The minimum Gasteiger partial charge on any atom is -0.426 e. The van der Waals surface area contributed by atoms with E-state index in [1.165, 1.54) is 12.5 Å². The van der Waals surface area contributed by atoms with E-state index >= 15 is 0 Å². The van der Waals surface area contributed by atoms with Crippen molar-refractivity contribution < 1.29 is 9.53 Å². The lowest BCUT2D eigenvalue weighted by molar-refractivity contribution is -0.131. The third-order valence-electron chi connectivity index (χ3n) is 3.11. The molecule has 0 aliphatic carbocycles. The molecule has 0 unspecified atom stereocenters. The second-order valence-electron chi connectivity index (χ2n) is 5.39. The zero-order chi connectivity index (χ0) is 14.4. The summed E-state index contributed by atoms with van der Waals surface area (Å²) in [5, 5.41) is 0. The Labute approximate surface area is 116 Å². The smallest absolute Gasteiger partial charge is 0.308 e. The maximum absolute atomic E-state index is 11.2. The lowest BCUT2D eigenvalue weighted by atomic mass is 9.94. The van der Waals surface area contributed by atoms with Crippen LogP contribution in [0.1, 0.15) is 57.6 Å². The number of hydrogen-bond acceptors (Lipinski definition) is 2. The topological polar surface area (TPSA) is 26.3 Å². The van der Waals surface area contributed by atoms with Crippen LogP contribution in [-0.2, 0) is 4.79 Å². The van der Waals surface area contributed by atoms with Crippen LogP contribution in [0.3, 0.4) is 0 Å². The van der Waals surface area contributed by atoms with E-state index in [2.05, 4.69) is 39.0 Å². The molecule has 0 saturated heterocycles. The molecule has 0 aliphatic heterocycles. The summed E-state index contributed by atoms with van der Waals surface area (Å²) in [6, 6.07) is 6.08. The highest BCUT2D eigenvalue weighted by Gasteiger charge is 2.13. The summed E-state index contributed by atoms with van der Waals surface area (Å²) in [5.74, 6) is 0.825. The van der Waals surface area contributed by atoms with E-state index in [-0.39, 0.29) is 5.97 Å². The van der Waals surface area contributed by atoms with Gasteiger partial charge in [-0.05, 0) is 56.7 Å². The third-order valence-corrected chi connectivity index (χ3v) is 3.11. The molecule has 0 N–H and O–H groups in total. The van der Waals surface area contributed by atoms with Crippen LogP contribution in [-0.4, -0.2) is 5.97 Å². The predicted octanol–water partition coefficient (Wildman–Crippen LogP) is 4.77. The van der Waals surface area contributed by atoms with E-state index in [1.807, 2.05) is 13.0 Å². The summed E-state index contributed by atoms with van der Waals surface area (Å²) >= 11 is 0. The molecule has 0 amide bonds. The summed E-state index contributed by atoms with van der Waals surface area (Å²) in [6.45, 7) is 9.85. The fourth-order valence-corrected chi connectivity index (χ4v) is 2.07. The number of carbonyl (C=O) groups is 1. The highest BCUT2D eigenvalue weighted by molar-refractivity contribution is 5.70. The highest BCUT2D eigenvalue weighted by atomic mass is 16.5. The number of aryl methyl sites for hydroxylation is 1. The maximum atomic E-state index is 11.2. The van der Waals surface area contributed by atoms with Gasteiger partial charge in [0.05, 0.1) is 0 Å². The molecule has 0 bridgehead atoms. The lowest BCUT2D eigenvalue weighted by Crippen LogP contribution is -2.06. The first-order valence-corrected chi connectivity index (χ1v) is 6.82. The zero-order valence-corrected chi connectivity index (χ0v) is 12.6. The van der Waals surface area contributed by atoms with E-state index in [4.69, 9.17) is 4.74 Å². The van der Waals surface area contributed by atoms with Crippen molar-refractivity contribution in [3.8, 4) is 5.75 Å². The maximum Gasteiger partial charge on any atom is 0.308 e. The van der Waals surface area contributed by atoms with Crippen molar-refractivity contribution in [2.75, 3.05) is 0 Å². The molecule has 0 heterocycles. The lowest BCUT2D eigenvalue weighted by Gasteiger charge is -2.16. The number of rotatable bonds is 5. The highest BCUT2D eigenvalue weighted by Crippen LogP contribution is 2.31. The van der Waals surface area contributed by atoms with E-state index < -0.39 is 0 Å². The first-order valence-electron chi connectivity index (χ1n) is 6.82. The number of benzene rings is 1. The molecule has 0 saturated carbocycles. The third kappa shape index (κ3) is 5.29. The van der Waals surface area contributed by atoms with Crippen LogP contribution in [0.4, 0.5) is 0 Å². The first-order chi connectivity index (χ1) is 8.90. The number of hydrogen-bond donors (Lipinski definition) is 0. The molecule has 1 atom stereocenters. The zero-order valence-electron chi connectivity index (χ0n) is 12.6. The Kier molecular flexibility index (Phi) is 5.81. The summed E-state index contributed by atoms with van der Waals surface area (Å²) in [5.41, 5.74) is 3.57. The van der Waals surface area contributed by atoms with Gasteiger partial charge in [-0.2, -0.15) is 0 Å². The van der Waals surface area contributed by atoms with Gasteiger partial charge in [-0.25, -0.2) is 0 Å². The quantitative estimate of drug-likeness (QED) is 0.433. The Bertz CT molecular complexity index is 468. The molecule has 2 heteroatoms. The van der Waals surface area contributed by atoms with Gasteiger partial charge < -0.3 is 4.74 Å². The molecule has 0 radical (unpaired) electrons. The van der Waals surface area contributed by atoms with Crippen LogP contribution in [0.2, 0.25) is 0 Å². The van der Waals surface area contributed by atoms with Crippen LogP contribution in [0.25, 0.3) is 0 Å². The largest absolute Gasteiger partial charge is 0.426 e. The van der Waals surface area contributed by atoms with E-state index in [0.717, 1.165) is 24.0 Å². The molecule has 104 valence electrons. The summed E-state index contributed by atoms with van der Waals surface area (Å²) in [6.07, 6.45) is 4.36. The standard InChI is InChI=1S/C17H24O2/c1-12(2)7-6-8-14(4)16-10-9-13(3)11-17(16)19-15(5)18/h7,9-11,14H,6,8H2,1-5H3/t14-/m1/s1. The minimum absolute atomic E-state index is 0.261. The molecule has 19 heavy (non-hydrogen) atoms. The second-order valence-corrected chi connectivity index (χ2v) is 5.39. The average Bonchev–Trinajstić information content (AvgIpc) is 2.27. The second kappa shape index (κ2) is 7.13. The Morgan fingerprint density at radius 1 is 1.32 bits per heavy atom. The van der Waals surface area contributed by atoms with Crippen molar-refractivity contribution >= 4 is 5.97 Å². The monoisotopic (exact) mass is 260 g/mol. The molecular weight excluding hydrogens is 236 g/mol. The Balaban J connectivity index is 2.85. The van der Waals surface area contributed by atoms with Gasteiger partial charge in [-0.3, -0.25) is 4.79 Å². The molecular formula is C17H24O2. The van der Waals surface area contributed by atoms with Crippen molar-refractivity contribution in [3.05, 3.63) is 41.0 Å². The van der Waals surface area contributed by atoms with Crippen LogP contribution in [0.5, 0.6) is 5.75 Å². The molecule has 0 aliphatic rings. The van der Waals surface area contributed by atoms with E-state index in [9.17, 15) is 4.79 Å². The summed E-state index contributed by atoms with van der Waals surface area (Å²) in [7, 11) is 0. The molecule has 2 nitrogen and oxygen atoms in total. The average molecular weight is 260 g/mol. The Hall–Kier alpha value is -1.57. The predicted molar refractivity (Wildman–Crippen MR) is 79.6 cm³/mol. The molecule has 0 spiro atoms. The van der Waals surface area contributed by atoms with Gasteiger partial charge in [0.25, 0.3) is 0 Å². The van der Waals surface area contributed by atoms with Gasteiger partial charge in [-0.15, -0.1) is 0 Å². The van der Waals surface area contributed by atoms with Crippen LogP contribution in [0, 0.1) is 6.92 Å². The van der Waals surface area contributed by atoms with Gasteiger partial charge >= 0.3 is 5.97 Å². The fraction of sp³-hybridized carbons (Fsp3) is 0.471. The molecule has 0 fully saturated rings. The van der Waals surface area contributed by atoms with Crippen molar-refractivity contribution in [2.24, 2.45) is 0 Å².